The molecule has 0 aliphatic heterocycles. The fourth-order valence-corrected chi connectivity index (χ4v) is 2.50. The summed E-state index contributed by atoms with van der Waals surface area (Å²) in [6.45, 7) is 12.5. The standard InChI is InChI=1S/C19H29NO/c1-6-11-20-16(12-14(2)19(3,4)5)18-13-15-9-7-8-10-17(15)21-18/h7-10,13-14,16,20H,6,11-12H2,1-5H3. The van der Waals surface area contributed by atoms with Crippen molar-refractivity contribution in [2.75, 3.05) is 6.54 Å². The molecule has 2 nitrogen and oxygen atoms in total. The molecule has 2 heteroatoms. The molecule has 2 atom stereocenters. The minimum absolute atomic E-state index is 0.298. The fourth-order valence-electron chi connectivity index (χ4n) is 2.50. The van der Waals surface area contributed by atoms with Crippen molar-refractivity contribution < 1.29 is 4.42 Å². The lowest BCUT2D eigenvalue weighted by Crippen LogP contribution is -2.27. The molecule has 0 spiro atoms. The Morgan fingerprint density at radius 2 is 1.90 bits per heavy atom. The van der Waals surface area contributed by atoms with Crippen molar-refractivity contribution in [2.24, 2.45) is 11.3 Å². The van der Waals surface area contributed by atoms with Gasteiger partial charge in [-0.05, 0) is 42.9 Å². The van der Waals surface area contributed by atoms with Crippen molar-refractivity contribution in [3.63, 3.8) is 0 Å². The summed E-state index contributed by atoms with van der Waals surface area (Å²) in [7, 11) is 0. The van der Waals surface area contributed by atoms with Crippen LogP contribution in [0.2, 0.25) is 0 Å². The number of nitrogens with one attached hydrogen (secondary N) is 1. The highest BCUT2D eigenvalue weighted by Gasteiger charge is 2.25. The van der Waals surface area contributed by atoms with Crippen molar-refractivity contribution in [3.05, 3.63) is 36.1 Å². The van der Waals surface area contributed by atoms with Crippen molar-refractivity contribution in [2.45, 2.75) is 53.5 Å². The van der Waals surface area contributed by atoms with Gasteiger partial charge in [0.2, 0.25) is 0 Å². The Morgan fingerprint density at radius 1 is 1.19 bits per heavy atom. The van der Waals surface area contributed by atoms with E-state index in [4.69, 9.17) is 4.42 Å². The molecule has 21 heavy (non-hydrogen) atoms. The normalized spacial score (nSPS) is 15.3. The highest BCUT2D eigenvalue weighted by molar-refractivity contribution is 5.77. The monoisotopic (exact) mass is 287 g/mol. The quantitative estimate of drug-likeness (QED) is 0.754. The smallest absolute Gasteiger partial charge is 0.134 e. The third kappa shape index (κ3) is 4.10. The van der Waals surface area contributed by atoms with Crippen LogP contribution in [0.1, 0.15) is 59.3 Å². The highest BCUT2D eigenvalue weighted by atomic mass is 16.3. The average molecular weight is 287 g/mol. The van der Waals surface area contributed by atoms with E-state index in [1.54, 1.807) is 0 Å². The van der Waals surface area contributed by atoms with Crippen LogP contribution < -0.4 is 5.32 Å². The third-order valence-electron chi connectivity index (χ3n) is 4.50. The van der Waals surface area contributed by atoms with E-state index in [1.165, 1.54) is 5.39 Å². The summed E-state index contributed by atoms with van der Waals surface area (Å²) < 4.78 is 6.08. The van der Waals surface area contributed by atoms with E-state index >= 15 is 0 Å². The van der Waals surface area contributed by atoms with Gasteiger partial charge >= 0.3 is 0 Å². The topological polar surface area (TPSA) is 25.2 Å². The van der Waals surface area contributed by atoms with E-state index in [1.807, 2.05) is 12.1 Å². The largest absolute Gasteiger partial charge is 0.459 e. The van der Waals surface area contributed by atoms with Crippen LogP contribution in [0.3, 0.4) is 0 Å². The van der Waals surface area contributed by atoms with Gasteiger partial charge in [-0.15, -0.1) is 0 Å². The maximum Gasteiger partial charge on any atom is 0.134 e. The number of rotatable bonds is 6. The molecule has 0 radical (unpaired) electrons. The van der Waals surface area contributed by atoms with Crippen LogP contribution in [-0.4, -0.2) is 6.54 Å². The second-order valence-corrected chi connectivity index (χ2v) is 7.20. The van der Waals surface area contributed by atoms with Gasteiger partial charge in [0.15, 0.2) is 0 Å². The molecule has 2 aromatic rings. The molecule has 1 aromatic carbocycles. The number of hydrogen-bond donors (Lipinski definition) is 1. The first kappa shape index (κ1) is 16.1. The Bertz CT molecular complexity index is 531. The number of hydrogen-bond acceptors (Lipinski definition) is 2. The Kier molecular flexibility index (Phi) is 5.10. The summed E-state index contributed by atoms with van der Waals surface area (Å²) in [6.07, 6.45) is 2.24. The van der Waals surface area contributed by atoms with Gasteiger partial charge in [0.05, 0.1) is 6.04 Å². The van der Waals surface area contributed by atoms with Gasteiger partial charge in [0.25, 0.3) is 0 Å². The van der Waals surface area contributed by atoms with Crippen molar-refractivity contribution in [3.8, 4) is 0 Å². The molecule has 0 aliphatic carbocycles. The number of furan rings is 1. The zero-order valence-corrected chi connectivity index (χ0v) is 14.1. The molecular weight excluding hydrogens is 258 g/mol. The molecule has 1 aromatic heterocycles. The Morgan fingerprint density at radius 3 is 2.52 bits per heavy atom. The minimum atomic E-state index is 0.298. The van der Waals surface area contributed by atoms with E-state index < -0.39 is 0 Å². The average Bonchev–Trinajstić information content (AvgIpc) is 2.85. The first-order valence-corrected chi connectivity index (χ1v) is 8.13. The van der Waals surface area contributed by atoms with Gasteiger partial charge < -0.3 is 9.73 Å². The molecule has 0 saturated carbocycles. The predicted octanol–water partition coefficient (Wildman–Crippen LogP) is 5.55. The lowest BCUT2D eigenvalue weighted by atomic mass is 9.78. The molecular formula is C19H29NO. The lowest BCUT2D eigenvalue weighted by molar-refractivity contribution is 0.215. The molecule has 1 N–H and O–H groups in total. The van der Waals surface area contributed by atoms with Crippen LogP contribution in [-0.2, 0) is 0 Å². The second kappa shape index (κ2) is 6.65. The molecule has 116 valence electrons. The minimum Gasteiger partial charge on any atom is -0.459 e. The van der Waals surface area contributed by atoms with Crippen LogP contribution in [0.4, 0.5) is 0 Å². The zero-order valence-electron chi connectivity index (χ0n) is 14.1. The maximum atomic E-state index is 6.08. The van der Waals surface area contributed by atoms with E-state index in [0.717, 1.165) is 30.7 Å². The van der Waals surface area contributed by atoms with Crippen LogP contribution >= 0.6 is 0 Å². The number of benzene rings is 1. The van der Waals surface area contributed by atoms with Gasteiger partial charge in [0, 0.05) is 5.39 Å². The SMILES string of the molecule is CCCNC(CC(C)C(C)(C)C)c1cc2ccccc2o1. The van der Waals surface area contributed by atoms with E-state index in [9.17, 15) is 0 Å². The van der Waals surface area contributed by atoms with Crippen LogP contribution in [0, 0.1) is 11.3 Å². The summed E-state index contributed by atoms with van der Waals surface area (Å²) in [5.41, 5.74) is 1.30. The second-order valence-electron chi connectivity index (χ2n) is 7.20. The maximum absolute atomic E-state index is 6.08. The Balaban J connectivity index is 2.22. The van der Waals surface area contributed by atoms with E-state index in [-0.39, 0.29) is 0 Å². The van der Waals surface area contributed by atoms with Gasteiger partial charge in [-0.1, -0.05) is 52.8 Å². The predicted molar refractivity (Wildman–Crippen MR) is 90.5 cm³/mol. The number of para-hydroxylation sites is 1. The first-order chi connectivity index (χ1) is 9.91. The first-order valence-electron chi connectivity index (χ1n) is 8.13. The number of fused-ring (bicyclic) bond motifs is 1. The van der Waals surface area contributed by atoms with Gasteiger partial charge in [-0.2, -0.15) is 0 Å². The van der Waals surface area contributed by atoms with Crippen molar-refractivity contribution in [1.29, 1.82) is 0 Å². The lowest BCUT2D eigenvalue weighted by Gasteiger charge is -2.30. The molecule has 0 amide bonds. The summed E-state index contributed by atoms with van der Waals surface area (Å²) >= 11 is 0. The van der Waals surface area contributed by atoms with Crippen molar-refractivity contribution >= 4 is 11.0 Å². The molecule has 2 rings (SSSR count). The molecule has 0 saturated heterocycles. The van der Waals surface area contributed by atoms with E-state index in [0.29, 0.717) is 17.4 Å². The third-order valence-corrected chi connectivity index (χ3v) is 4.50. The van der Waals surface area contributed by atoms with Gasteiger partial charge in [0.1, 0.15) is 11.3 Å². The zero-order chi connectivity index (χ0) is 15.5. The summed E-state index contributed by atoms with van der Waals surface area (Å²) in [5, 5.41) is 4.85. The van der Waals surface area contributed by atoms with Gasteiger partial charge in [-0.25, -0.2) is 0 Å². The van der Waals surface area contributed by atoms with E-state index in [2.05, 4.69) is 58.1 Å². The summed E-state index contributed by atoms with van der Waals surface area (Å²) in [6, 6.07) is 10.7. The molecule has 2 unspecified atom stereocenters. The summed E-state index contributed by atoms with van der Waals surface area (Å²) in [5.74, 6) is 1.70. The Labute approximate surface area is 128 Å². The molecule has 1 heterocycles. The molecule has 0 fully saturated rings. The highest BCUT2D eigenvalue weighted by Crippen LogP contribution is 2.35. The van der Waals surface area contributed by atoms with Gasteiger partial charge in [-0.3, -0.25) is 0 Å². The van der Waals surface area contributed by atoms with Crippen LogP contribution in [0.5, 0.6) is 0 Å². The summed E-state index contributed by atoms with van der Waals surface area (Å²) in [4.78, 5) is 0. The fraction of sp³-hybridized carbons (Fsp3) is 0.579. The molecule has 0 bridgehead atoms. The molecule has 0 aliphatic rings. The Hall–Kier alpha value is -1.28. The van der Waals surface area contributed by atoms with Crippen molar-refractivity contribution in [1.82, 2.24) is 5.32 Å². The van der Waals surface area contributed by atoms with Crippen LogP contribution in [0.25, 0.3) is 11.0 Å². The van der Waals surface area contributed by atoms with Crippen LogP contribution in [0.15, 0.2) is 34.7 Å².